The lowest BCUT2D eigenvalue weighted by Crippen LogP contribution is -2.53. The van der Waals surface area contributed by atoms with E-state index in [0.29, 0.717) is 17.9 Å². The highest BCUT2D eigenvalue weighted by Gasteiger charge is 2.32. The molecule has 200 valence electrons. The van der Waals surface area contributed by atoms with Crippen molar-refractivity contribution in [3.05, 3.63) is 93.6 Å². The van der Waals surface area contributed by atoms with E-state index in [4.69, 9.17) is 9.47 Å². The van der Waals surface area contributed by atoms with Crippen LogP contribution in [0.25, 0.3) is 0 Å². The van der Waals surface area contributed by atoms with Gasteiger partial charge in [0.05, 0.1) is 7.11 Å². The highest BCUT2D eigenvalue weighted by Crippen LogP contribution is 2.21. The van der Waals surface area contributed by atoms with Crippen LogP contribution in [0.2, 0.25) is 0 Å². The number of hydrogen-bond acceptors (Lipinski definition) is 4. The van der Waals surface area contributed by atoms with Gasteiger partial charge >= 0.3 is 0 Å². The lowest BCUT2D eigenvalue weighted by Gasteiger charge is -2.33. The summed E-state index contributed by atoms with van der Waals surface area (Å²) in [5.74, 6) is 0.958. The molecular formula is C31H35IN2O4. The largest absolute Gasteiger partial charge is 0.497 e. The number of nitrogens with zero attached hydrogens (tertiary/aromatic N) is 1. The van der Waals surface area contributed by atoms with Crippen molar-refractivity contribution in [1.82, 2.24) is 10.2 Å². The Balaban J connectivity index is 1.61. The van der Waals surface area contributed by atoms with Gasteiger partial charge in [-0.05, 0) is 83.0 Å². The third kappa shape index (κ3) is 8.21. The van der Waals surface area contributed by atoms with Crippen LogP contribution < -0.4 is 14.8 Å². The van der Waals surface area contributed by atoms with Gasteiger partial charge in [0.2, 0.25) is 5.91 Å². The Kier molecular flexibility index (Phi) is 10.4. The summed E-state index contributed by atoms with van der Waals surface area (Å²) in [4.78, 5) is 29.2. The van der Waals surface area contributed by atoms with Crippen molar-refractivity contribution >= 4 is 34.4 Å². The predicted octanol–water partition coefficient (Wildman–Crippen LogP) is 5.77. The maximum atomic E-state index is 13.8. The maximum absolute atomic E-state index is 13.8. The van der Waals surface area contributed by atoms with Crippen molar-refractivity contribution < 1.29 is 19.1 Å². The standard InChI is InChI=1S/C31H35IN2O4/c1-37-28-14-8-11-24(19-28)21-34(30(35)22-38-27-17-15-25(32)16-18-27)29(20-23-9-4-2-5-10-23)31(36)33-26-12-6-3-7-13-26/h2,4-5,8-11,14-19,26,29H,3,6-7,12-13,20-22H2,1H3,(H,33,36). The first kappa shape index (κ1) is 28.0. The molecule has 3 aromatic carbocycles. The molecule has 0 saturated heterocycles. The van der Waals surface area contributed by atoms with E-state index in [1.165, 1.54) is 6.42 Å². The Morgan fingerprint density at radius 2 is 1.63 bits per heavy atom. The summed E-state index contributed by atoms with van der Waals surface area (Å²) in [5, 5.41) is 3.26. The van der Waals surface area contributed by atoms with Crippen LogP contribution in [0.4, 0.5) is 0 Å². The highest BCUT2D eigenvalue weighted by molar-refractivity contribution is 14.1. The van der Waals surface area contributed by atoms with Gasteiger partial charge in [-0.25, -0.2) is 0 Å². The van der Waals surface area contributed by atoms with E-state index in [2.05, 4.69) is 27.9 Å². The normalized spacial score (nSPS) is 14.4. The lowest BCUT2D eigenvalue weighted by atomic mass is 9.94. The zero-order valence-corrected chi connectivity index (χ0v) is 23.9. The predicted molar refractivity (Wildman–Crippen MR) is 157 cm³/mol. The molecule has 0 radical (unpaired) electrons. The van der Waals surface area contributed by atoms with Gasteiger partial charge in [0.25, 0.3) is 5.91 Å². The molecule has 1 saturated carbocycles. The van der Waals surface area contributed by atoms with Crippen LogP contribution in [0.3, 0.4) is 0 Å². The molecule has 0 bridgehead atoms. The molecule has 0 aromatic heterocycles. The average Bonchev–Trinajstić information content (AvgIpc) is 2.95. The van der Waals surface area contributed by atoms with Crippen molar-refractivity contribution in [2.24, 2.45) is 0 Å². The molecule has 0 spiro atoms. The van der Waals surface area contributed by atoms with E-state index in [1.54, 1.807) is 12.0 Å². The molecule has 1 aliphatic carbocycles. The number of methoxy groups -OCH3 is 1. The Morgan fingerprint density at radius 3 is 2.34 bits per heavy atom. The van der Waals surface area contributed by atoms with E-state index < -0.39 is 6.04 Å². The first-order chi connectivity index (χ1) is 18.5. The second-order valence-electron chi connectivity index (χ2n) is 9.66. The van der Waals surface area contributed by atoms with Crippen molar-refractivity contribution in [1.29, 1.82) is 0 Å². The quantitative estimate of drug-likeness (QED) is 0.275. The van der Waals surface area contributed by atoms with Crippen LogP contribution >= 0.6 is 22.6 Å². The van der Waals surface area contributed by atoms with Crippen LogP contribution in [0.5, 0.6) is 11.5 Å². The average molecular weight is 627 g/mol. The minimum Gasteiger partial charge on any atom is -0.497 e. The van der Waals surface area contributed by atoms with Crippen molar-refractivity contribution in [2.75, 3.05) is 13.7 Å². The third-order valence-electron chi connectivity index (χ3n) is 6.89. The summed E-state index contributed by atoms with van der Waals surface area (Å²) in [6.45, 7) is 0.105. The van der Waals surface area contributed by atoms with Gasteiger partial charge < -0.3 is 19.7 Å². The van der Waals surface area contributed by atoms with Crippen LogP contribution in [-0.2, 0) is 22.6 Å². The van der Waals surface area contributed by atoms with Crippen LogP contribution in [0.15, 0.2) is 78.9 Å². The second kappa shape index (κ2) is 14.2. The van der Waals surface area contributed by atoms with Gasteiger partial charge in [-0.2, -0.15) is 0 Å². The Labute approximate surface area is 238 Å². The summed E-state index contributed by atoms with van der Waals surface area (Å²) < 4.78 is 12.4. The minimum atomic E-state index is -0.682. The van der Waals surface area contributed by atoms with Crippen LogP contribution in [-0.4, -0.2) is 42.5 Å². The lowest BCUT2D eigenvalue weighted by molar-refractivity contribution is -0.143. The van der Waals surface area contributed by atoms with Gasteiger partial charge in [-0.15, -0.1) is 0 Å². The first-order valence-electron chi connectivity index (χ1n) is 13.2. The number of carbonyl (C=O) groups excluding carboxylic acids is 2. The zero-order chi connectivity index (χ0) is 26.7. The second-order valence-corrected chi connectivity index (χ2v) is 10.9. The summed E-state index contributed by atoms with van der Waals surface area (Å²) in [6, 6.07) is 24.5. The van der Waals surface area contributed by atoms with Crippen LogP contribution in [0.1, 0.15) is 43.2 Å². The summed E-state index contributed by atoms with van der Waals surface area (Å²) in [6.07, 6.45) is 5.80. The fraction of sp³-hybridized carbons (Fsp3) is 0.355. The van der Waals surface area contributed by atoms with Gasteiger partial charge in [0.15, 0.2) is 6.61 Å². The molecule has 6 nitrogen and oxygen atoms in total. The topological polar surface area (TPSA) is 67.9 Å². The molecule has 1 N–H and O–H groups in total. The van der Waals surface area contributed by atoms with Gasteiger partial charge in [-0.3, -0.25) is 9.59 Å². The number of ether oxygens (including phenoxy) is 2. The monoisotopic (exact) mass is 626 g/mol. The number of benzene rings is 3. The SMILES string of the molecule is COc1cccc(CN(C(=O)COc2ccc(I)cc2)C(Cc2ccccc2)C(=O)NC2CCCCC2)c1. The molecule has 4 rings (SSSR count). The van der Waals surface area contributed by atoms with E-state index >= 15 is 0 Å². The van der Waals surface area contributed by atoms with Crippen molar-refractivity contribution in [3.63, 3.8) is 0 Å². The van der Waals surface area contributed by atoms with Crippen LogP contribution in [0, 0.1) is 3.57 Å². The molecular weight excluding hydrogens is 591 g/mol. The summed E-state index contributed by atoms with van der Waals surface area (Å²) in [7, 11) is 1.62. The number of hydrogen-bond donors (Lipinski definition) is 1. The van der Waals surface area contributed by atoms with Gasteiger partial charge in [-0.1, -0.05) is 61.7 Å². The molecule has 2 amide bonds. The first-order valence-corrected chi connectivity index (χ1v) is 14.2. The smallest absolute Gasteiger partial charge is 0.261 e. The Hall–Kier alpha value is -3.07. The van der Waals surface area contributed by atoms with E-state index in [1.807, 2.05) is 78.9 Å². The van der Waals surface area contributed by atoms with Gasteiger partial charge in [0.1, 0.15) is 17.5 Å². The summed E-state index contributed by atoms with van der Waals surface area (Å²) >= 11 is 2.23. The Morgan fingerprint density at radius 1 is 0.921 bits per heavy atom. The summed E-state index contributed by atoms with van der Waals surface area (Å²) in [5.41, 5.74) is 1.88. The van der Waals surface area contributed by atoms with E-state index in [-0.39, 0.29) is 31.0 Å². The number of rotatable bonds is 11. The molecule has 1 atom stereocenters. The number of amides is 2. The minimum absolute atomic E-state index is 0.119. The van der Waals surface area contributed by atoms with Crippen molar-refractivity contribution in [2.45, 2.75) is 57.2 Å². The van der Waals surface area contributed by atoms with Crippen molar-refractivity contribution in [3.8, 4) is 11.5 Å². The molecule has 1 fully saturated rings. The Bertz CT molecular complexity index is 1180. The van der Waals surface area contributed by atoms with E-state index in [0.717, 1.165) is 40.4 Å². The zero-order valence-electron chi connectivity index (χ0n) is 21.8. The number of carbonyl (C=O) groups is 2. The molecule has 1 unspecified atom stereocenters. The van der Waals surface area contributed by atoms with Gasteiger partial charge in [0, 0.05) is 22.6 Å². The fourth-order valence-electron chi connectivity index (χ4n) is 4.82. The number of nitrogens with one attached hydrogen (secondary N) is 1. The number of halogens is 1. The molecule has 0 heterocycles. The maximum Gasteiger partial charge on any atom is 0.261 e. The molecule has 3 aromatic rings. The van der Waals surface area contributed by atoms with E-state index in [9.17, 15) is 9.59 Å². The molecule has 38 heavy (non-hydrogen) atoms. The molecule has 1 aliphatic rings. The third-order valence-corrected chi connectivity index (χ3v) is 7.60. The molecule has 7 heteroatoms. The fourth-order valence-corrected chi connectivity index (χ4v) is 5.18. The molecule has 0 aliphatic heterocycles. The highest BCUT2D eigenvalue weighted by atomic mass is 127.